The lowest BCUT2D eigenvalue weighted by Crippen LogP contribution is -2.25. The van der Waals surface area contributed by atoms with Crippen LogP contribution >= 0.6 is 36.4 Å². The van der Waals surface area contributed by atoms with Crippen molar-refractivity contribution in [1.82, 2.24) is 4.98 Å². The van der Waals surface area contributed by atoms with Crippen LogP contribution in [0, 0.1) is 0 Å². The largest absolute Gasteiger partial charge is 0.381 e. The molecule has 0 amide bonds. The SMILES string of the molecule is C[C@@H](CN)Nc1ccnc2cc(Cl)ccc12.Cl.Cl. The summed E-state index contributed by atoms with van der Waals surface area (Å²) in [6, 6.07) is 7.87. The minimum Gasteiger partial charge on any atom is -0.381 e. The van der Waals surface area contributed by atoms with E-state index in [0.717, 1.165) is 16.6 Å². The maximum absolute atomic E-state index is 5.92. The van der Waals surface area contributed by atoms with Crippen molar-refractivity contribution < 1.29 is 0 Å². The first-order valence-electron chi connectivity index (χ1n) is 5.21. The molecule has 0 bridgehead atoms. The molecule has 0 fully saturated rings. The molecule has 0 aliphatic carbocycles. The van der Waals surface area contributed by atoms with Gasteiger partial charge in [-0.3, -0.25) is 4.98 Å². The number of pyridine rings is 1. The lowest BCUT2D eigenvalue weighted by atomic mass is 10.1. The van der Waals surface area contributed by atoms with E-state index in [4.69, 9.17) is 17.3 Å². The third-order valence-corrected chi connectivity index (χ3v) is 2.70. The van der Waals surface area contributed by atoms with Crippen LogP contribution in [0.1, 0.15) is 6.92 Å². The van der Waals surface area contributed by atoms with Gasteiger partial charge in [0.05, 0.1) is 5.52 Å². The Morgan fingerprint density at radius 3 is 2.72 bits per heavy atom. The van der Waals surface area contributed by atoms with Crippen LogP contribution in [0.25, 0.3) is 10.9 Å². The average molecular weight is 309 g/mol. The summed E-state index contributed by atoms with van der Waals surface area (Å²) in [6.45, 7) is 2.64. The Labute approximate surface area is 124 Å². The molecule has 0 aliphatic rings. The number of rotatable bonds is 3. The molecular weight excluding hydrogens is 293 g/mol. The Bertz CT molecular complexity index is 505. The number of hydrogen-bond donors (Lipinski definition) is 2. The Balaban J connectivity index is 0.00000144. The van der Waals surface area contributed by atoms with Gasteiger partial charge in [0.15, 0.2) is 0 Å². The second kappa shape index (κ2) is 7.64. The molecule has 1 aromatic heterocycles. The Morgan fingerprint density at radius 2 is 2.06 bits per heavy atom. The van der Waals surface area contributed by atoms with E-state index in [2.05, 4.69) is 10.3 Å². The van der Waals surface area contributed by atoms with Gasteiger partial charge in [0.1, 0.15) is 0 Å². The molecule has 3 nitrogen and oxygen atoms in total. The summed E-state index contributed by atoms with van der Waals surface area (Å²) in [5, 5.41) is 5.11. The quantitative estimate of drug-likeness (QED) is 0.912. The van der Waals surface area contributed by atoms with Gasteiger partial charge in [-0.25, -0.2) is 0 Å². The summed E-state index contributed by atoms with van der Waals surface area (Å²) in [6.07, 6.45) is 1.77. The standard InChI is InChI=1S/C12H14ClN3.2ClH/c1-8(7-14)16-11-4-5-15-12-6-9(13)2-3-10(11)12;;/h2-6,8H,7,14H2,1H3,(H,15,16);2*1H/t8-;;/m0../s1. The third kappa shape index (κ3) is 3.89. The normalized spacial score (nSPS) is 11.3. The molecule has 1 heterocycles. The van der Waals surface area contributed by atoms with Gasteiger partial charge in [-0.15, -0.1) is 24.8 Å². The van der Waals surface area contributed by atoms with Gasteiger partial charge in [0, 0.05) is 34.9 Å². The number of nitrogens with zero attached hydrogens (tertiary/aromatic N) is 1. The van der Waals surface area contributed by atoms with Crippen molar-refractivity contribution in [3.63, 3.8) is 0 Å². The highest BCUT2D eigenvalue weighted by atomic mass is 35.5. The van der Waals surface area contributed by atoms with Crippen LogP contribution in [0.3, 0.4) is 0 Å². The molecule has 0 saturated heterocycles. The summed E-state index contributed by atoms with van der Waals surface area (Å²) in [4.78, 5) is 4.28. The van der Waals surface area contributed by atoms with Crippen molar-refractivity contribution in [2.75, 3.05) is 11.9 Å². The molecule has 1 aromatic carbocycles. The van der Waals surface area contributed by atoms with E-state index >= 15 is 0 Å². The predicted octanol–water partition coefficient (Wildman–Crippen LogP) is 3.49. The van der Waals surface area contributed by atoms with E-state index in [1.54, 1.807) is 6.20 Å². The van der Waals surface area contributed by atoms with Crippen LogP contribution in [-0.4, -0.2) is 17.6 Å². The van der Waals surface area contributed by atoms with Gasteiger partial charge in [-0.1, -0.05) is 11.6 Å². The topological polar surface area (TPSA) is 50.9 Å². The smallest absolute Gasteiger partial charge is 0.0737 e. The minimum absolute atomic E-state index is 0. The second-order valence-electron chi connectivity index (χ2n) is 3.80. The van der Waals surface area contributed by atoms with Crippen molar-refractivity contribution >= 4 is 53.0 Å². The molecule has 0 radical (unpaired) electrons. The van der Waals surface area contributed by atoms with Crippen molar-refractivity contribution in [3.8, 4) is 0 Å². The molecule has 2 aromatic rings. The van der Waals surface area contributed by atoms with Crippen molar-refractivity contribution in [2.45, 2.75) is 13.0 Å². The monoisotopic (exact) mass is 307 g/mol. The van der Waals surface area contributed by atoms with Crippen LogP contribution in [0.2, 0.25) is 5.02 Å². The summed E-state index contributed by atoms with van der Waals surface area (Å²) in [5.41, 5.74) is 7.52. The van der Waals surface area contributed by atoms with E-state index < -0.39 is 0 Å². The predicted molar refractivity (Wildman–Crippen MR) is 83.4 cm³/mol. The maximum Gasteiger partial charge on any atom is 0.0737 e. The molecule has 100 valence electrons. The number of benzene rings is 1. The van der Waals surface area contributed by atoms with Gasteiger partial charge in [-0.05, 0) is 31.2 Å². The summed E-state index contributed by atoms with van der Waals surface area (Å²) >= 11 is 5.92. The molecular formula is C12H16Cl3N3. The molecule has 0 aliphatic heterocycles. The molecule has 0 unspecified atom stereocenters. The fourth-order valence-electron chi connectivity index (χ4n) is 1.57. The molecule has 0 spiro atoms. The van der Waals surface area contributed by atoms with E-state index in [1.807, 2.05) is 31.2 Å². The first-order valence-corrected chi connectivity index (χ1v) is 5.59. The van der Waals surface area contributed by atoms with Crippen LogP contribution in [0.15, 0.2) is 30.5 Å². The number of nitrogens with two attached hydrogens (primary N) is 1. The Hall–Kier alpha value is -0.740. The van der Waals surface area contributed by atoms with Crippen LogP contribution < -0.4 is 11.1 Å². The summed E-state index contributed by atoms with van der Waals surface area (Å²) in [5.74, 6) is 0. The van der Waals surface area contributed by atoms with Gasteiger partial charge >= 0.3 is 0 Å². The lowest BCUT2D eigenvalue weighted by molar-refractivity contribution is 0.805. The van der Waals surface area contributed by atoms with E-state index in [9.17, 15) is 0 Å². The van der Waals surface area contributed by atoms with E-state index in [0.29, 0.717) is 11.6 Å². The van der Waals surface area contributed by atoms with E-state index in [1.165, 1.54) is 0 Å². The number of anilines is 1. The summed E-state index contributed by atoms with van der Waals surface area (Å²) < 4.78 is 0. The lowest BCUT2D eigenvalue weighted by Gasteiger charge is -2.14. The fraction of sp³-hybridized carbons (Fsp3) is 0.250. The zero-order valence-corrected chi connectivity index (χ0v) is 12.3. The molecule has 0 saturated carbocycles. The molecule has 2 rings (SSSR count). The Kier molecular flexibility index (Phi) is 7.33. The van der Waals surface area contributed by atoms with Crippen LogP contribution in [-0.2, 0) is 0 Å². The Morgan fingerprint density at radius 1 is 1.33 bits per heavy atom. The first-order chi connectivity index (χ1) is 7.70. The van der Waals surface area contributed by atoms with Gasteiger partial charge < -0.3 is 11.1 Å². The second-order valence-corrected chi connectivity index (χ2v) is 4.24. The van der Waals surface area contributed by atoms with Crippen molar-refractivity contribution in [1.29, 1.82) is 0 Å². The average Bonchev–Trinajstić information content (AvgIpc) is 2.28. The van der Waals surface area contributed by atoms with Gasteiger partial charge in [-0.2, -0.15) is 0 Å². The van der Waals surface area contributed by atoms with Crippen LogP contribution in [0.4, 0.5) is 5.69 Å². The fourth-order valence-corrected chi connectivity index (χ4v) is 1.74. The zero-order chi connectivity index (χ0) is 11.5. The highest BCUT2D eigenvalue weighted by Crippen LogP contribution is 2.24. The minimum atomic E-state index is 0. The molecule has 18 heavy (non-hydrogen) atoms. The van der Waals surface area contributed by atoms with Crippen LogP contribution in [0.5, 0.6) is 0 Å². The molecule has 6 heteroatoms. The molecule has 3 N–H and O–H groups in total. The number of fused-ring (bicyclic) bond motifs is 1. The number of hydrogen-bond acceptors (Lipinski definition) is 3. The third-order valence-electron chi connectivity index (χ3n) is 2.46. The van der Waals surface area contributed by atoms with Crippen molar-refractivity contribution in [3.05, 3.63) is 35.5 Å². The number of aromatic nitrogens is 1. The van der Waals surface area contributed by atoms with Crippen molar-refractivity contribution in [2.24, 2.45) is 5.73 Å². The highest BCUT2D eigenvalue weighted by molar-refractivity contribution is 6.31. The highest BCUT2D eigenvalue weighted by Gasteiger charge is 2.04. The van der Waals surface area contributed by atoms with Gasteiger partial charge in [0.2, 0.25) is 0 Å². The first kappa shape index (κ1) is 17.3. The number of halogens is 3. The number of nitrogens with one attached hydrogen (secondary N) is 1. The molecule has 1 atom stereocenters. The van der Waals surface area contributed by atoms with E-state index in [-0.39, 0.29) is 30.9 Å². The zero-order valence-electron chi connectivity index (χ0n) is 9.89. The maximum atomic E-state index is 5.92. The van der Waals surface area contributed by atoms with Gasteiger partial charge in [0.25, 0.3) is 0 Å². The summed E-state index contributed by atoms with van der Waals surface area (Å²) in [7, 11) is 0.